The smallest absolute Gasteiger partial charge is 0.191 e. The van der Waals surface area contributed by atoms with Crippen LogP contribution >= 0.6 is 0 Å². The van der Waals surface area contributed by atoms with Crippen molar-refractivity contribution in [2.75, 3.05) is 39.8 Å². The number of guanidine groups is 1. The standard InChI is InChI=1S/C20H36N4O/c1-7-21-19(22-13-14-24(6)8-2)23-15-18(25)16-9-11-17(12-10-16)20(3,4)5/h9-12,18,25H,7-8,13-15H2,1-6H3,(H2,21,22,23). The van der Waals surface area contributed by atoms with Gasteiger partial charge in [-0.05, 0) is 37.1 Å². The van der Waals surface area contributed by atoms with Crippen molar-refractivity contribution in [3.8, 4) is 0 Å². The molecule has 0 spiro atoms. The van der Waals surface area contributed by atoms with Crippen molar-refractivity contribution in [3.63, 3.8) is 0 Å². The van der Waals surface area contributed by atoms with E-state index in [1.54, 1.807) is 0 Å². The highest BCUT2D eigenvalue weighted by Crippen LogP contribution is 2.24. The molecule has 1 aromatic carbocycles. The summed E-state index contributed by atoms with van der Waals surface area (Å²) in [6.07, 6.45) is -0.595. The third-order valence-electron chi connectivity index (χ3n) is 4.25. The molecule has 0 saturated carbocycles. The van der Waals surface area contributed by atoms with Crippen LogP contribution in [-0.2, 0) is 5.41 Å². The van der Waals surface area contributed by atoms with Crippen LogP contribution < -0.4 is 10.6 Å². The first-order chi connectivity index (χ1) is 11.8. The van der Waals surface area contributed by atoms with E-state index in [4.69, 9.17) is 0 Å². The Hall–Kier alpha value is -1.59. The zero-order valence-corrected chi connectivity index (χ0v) is 16.8. The predicted octanol–water partition coefficient (Wildman–Crippen LogP) is 2.52. The van der Waals surface area contributed by atoms with Crippen LogP contribution in [0.2, 0.25) is 0 Å². The number of likely N-dealkylation sites (N-methyl/N-ethyl adjacent to an activating group) is 1. The Morgan fingerprint density at radius 3 is 2.32 bits per heavy atom. The van der Waals surface area contributed by atoms with Crippen molar-refractivity contribution in [3.05, 3.63) is 35.4 Å². The molecule has 0 aliphatic rings. The number of nitrogens with one attached hydrogen (secondary N) is 2. The summed E-state index contributed by atoms with van der Waals surface area (Å²) in [5, 5.41) is 16.9. The molecule has 1 aromatic rings. The van der Waals surface area contributed by atoms with Gasteiger partial charge in [0, 0.05) is 19.6 Å². The van der Waals surface area contributed by atoms with E-state index in [1.807, 2.05) is 19.1 Å². The van der Waals surface area contributed by atoms with E-state index in [0.717, 1.165) is 37.7 Å². The van der Waals surface area contributed by atoms with Crippen LogP contribution in [0.1, 0.15) is 51.8 Å². The average molecular weight is 349 g/mol. The predicted molar refractivity (Wildman–Crippen MR) is 107 cm³/mol. The Bertz CT molecular complexity index is 519. The summed E-state index contributed by atoms with van der Waals surface area (Å²) in [7, 11) is 2.09. The Balaban J connectivity index is 2.62. The van der Waals surface area contributed by atoms with Gasteiger partial charge in [-0.3, -0.25) is 4.99 Å². The first-order valence-electron chi connectivity index (χ1n) is 9.27. The van der Waals surface area contributed by atoms with E-state index in [0.29, 0.717) is 6.54 Å². The highest BCUT2D eigenvalue weighted by atomic mass is 16.3. The molecule has 0 radical (unpaired) electrons. The maximum atomic E-state index is 10.4. The first kappa shape index (κ1) is 21.5. The summed E-state index contributed by atoms with van der Waals surface area (Å²) in [5.74, 6) is 0.748. The van der Waals surface area contributed by atoms with Gasteiger partial charge < -0.3 is 20.6 Å². The Morgan fingerprint density at radius 2 is 1.80 bits per heavy atom. The minimum atomic E-state index is -0.595. The van der Waals surface area contributed by atoms with E-state index in [9.17, 15) is 5.11 Å². The van der Waals surface area contributed by atoms with Crippen LogP contribution in [0.15, 0.2) is 29.3 Å². The summed E-state index contributed by atoms with van der Waals surface area (Å²) in [5.41, 5.74) is 2.29. The van der Waals surface area contributed by atoms with Crippen LogP contribution in [0.5, 0.6) is 0 Å². The summed E-state index contributed by atoms with van der Waals surface area (Å²) < 4.78 is 0. The van der Waals surface area contributed by atoms with Crippen molar-refractivity contribution in [1.82, 2.24) is 15.5 Å². The van der Waals surface area contributed by atoms with Gasteiger partial charge in [0.05, 0.1) is 12.6 Å². The Kier molecular flexibility index (Phi) is 8.93. The maximum absolute atomic E-state index is 10.4. The van der Waals surface area contributed by atoms with Gasteiger partial charge >= 0.3 is 0 Å². The Morgan fingerprint density at radius 1 is 1.16 bits per heavy atom. The van der Waals surface area contributed by atoms with Crippen LogP contribution in [-0.4, -0.2) is 55.7 Å². The highest BCUT2D eigenvalue weighted by Gasteiger charge is 2.14. The molecule has 1 rings (SSSR count). The van der Waals surface area contributed by atoms with Crippen molar-refractivity contribution >= 4 is 5.96 Å². The molecule has 1 unspecified atom stereocenters. The fourth-order valence-electron chi connectivity index (χ4n) is 2.35. The molecule has 5 nitrogen and oxygen atoms in total. The SMILES string of the molecule is CCNC(=NCC(O)c1ccc(C(C)(C)C)cc1)NCCN(C)CC. The van der Waals surface area contributed by atoms with Gasteiger partial charge in [-0.1, -0.05) is 52.0 Å². The molecule has 1 atom stereocenters. The summed E-state index contributed by atoms with van der Waals surface area (Å²) in [6.45, 7) is 14.7. The number of aliphatic hydroxyl groups is 1. The van der Waals surface area contributed by atoms with Crippen molar-refractivity contribution in [2.24, 2.45) is 4.99 Å². The van der Waals surface area contributed by atoms with E-state index in [-0.39, 0.29) is 5.41 Å². The fraction of sp³-hybridized carbons (Fsp3) is 0.650. The number of hydrogen-bond donors (Lipinski definition) is 3. The largest absolute Gasteiger partial charge is 0.386 e. The zero-order chi connectivity index (χ0) is 18.9. The van der Waals surface area contributed by atoms with E-state index in [1.165, 1.54) is 5.56 Å². The molecule has 0 amide bonds. The molecular weight excluding hydrogens is 312 g/mol. The lowest BCUT2D eigenvalue weighted by Crippen LogP contribution is -2.41. The molecule has 0 bridgehead atoms. The average Bonchev–Trinajstić information content (AvgIpc) is 2.58. The van der Waals surface area contributed by atoms with Gasteiger partial charge in [0.1, 0.15) is 0 Å². The second-order valence-electron chi connectivity index (χ2n) is 7.43. The lowest BCUT2D eigenvalue weighted by molar-refractivity contribution is 0.187. The van der Waals surface area contributed by atoms with Gasteiger partial charge in [0.2, 0.25) is 0 Å². The van der Waals surface area contributed by atoms with Gasteiger partial charge in [0.15, 0.2) is 5.96 Å². The molecule has 3 N–H and O–H groups in total. The molecule has 0 aliphatic heterocycles. The van der Waals surface area contributed by atoms with Crippen molar-refractivity contribution < 1.29 is 5.11 Å². The molecule has 0 fully saturated rings. The molecule has 0 aliphatic carbocycles. The van der Waals surface area contributed by atoms with Crippen LogP contribution in [0, 0.1) is 0 Å². The molecule has 0 aromatic heterocycles. The maximum Gasteiger partial charge on any atom is 0.191 e. The monoisotopic (exact) mass is 348 g/mol. The second kappa shape index (κ2) is 10.4. The van der Waals surface area contributed by atoms with Gasteiger partial charge in [-0.2, -0.15) is 0 Å². The van der Waals surface area contributed by atoms with Crippen molar-refractivity contribution in [1.29, 1.82) is 0 Å². The molecule has 5 heteroatoms. The summed E-state index contributed by atoms with van der Waals surface area (Å²) in [6, 6.07) is 8.17. The van der Waals surface area contributed by atoms with Crippen LogP contribution in [0.4, 0.5) is 0 Å². The summed E-state index contributed by atoms with van der Waals surface area (Å²) in [4.78, 5) is 6.75. The van der Waals surface area contributed by atoms with E-state index in [2.05, 4.69) is 67.4 Å². The zero-order valence-electron chi connectivity index (χ0n) is 16.8. The van der Waals surface area contributed by atoms with Crippen LogP contribution in [0.3, 0.4) is 0 Å². The molecule has 0 heterocycles. The minimum Gasteiger partial charge on any atom is -0.386 e. The lowest BCUT2D eigenvalue weighted by atomic mass is 9.86. The number of rotatable bonds is 8. The topological polar surface area (TPSA) is 59.9 Å². The number of hydrogen-bond acceptors (Lipinski definition) is 3. The van der Waals surface area contributed by atoms with E-state index < -0.39 is 6.10 Å². The molecule has 25 heavy (non-hydrogen) atoms. The number of nitrogens with zero attached hydrogens (tertiary/aromatic N) is 2. The lowest BCUT2D eigenvalue weighted by Gasteiger charge is -2.20. The van der Waals surface area contributed by atoms with Crippen LogP contribution in [0.25, 0.3) is 0 Å². The number of aliphatic imine (C=N–C) groups is 1. The normalized spacial score (nSPS) is 13.8. The third-order valence-corrected chi connectivity index (χ3v) is 4.25. The number of aliphatic hydroxyl groups excluding tert-OH is 1. The molecule has 0 saturated heterocycles. The van der Waals surface area contributed by atoms with Crippen molar-refractivity contribution in [2.45, 2.75) is 46.1 Å². The van der Waals surface area contributed by atoms with Gasteiger partial charge in [0.25, 0.3) is 0 Å². The molecule has 142 valence electrons. The van der Waals surface area contributed by atoms with Gasteiger partial charge in [-0.15, -0.1) is 0 Å². The fourth-order valence-corrected chi connectivity index (χ4v) is 2.35. The quantitative estimate of drug-likeness (QED) is 0.499. The minimum absolute atomic E-state index is 0.120. The summed E-state index contributed by atoms with van der Waals surface area (Å²) >= 11 is 0. The number of benzene rings is 1. The highest BCUT2D eigenvalue weighted by molar-refractivity contribution is 5.79. The second-order valence-corrected chi connectivity index (χ2v) is 7.43. The molecular formula is C20H36N4O. The Labute approximate surface area is 153 Å². The van der Waals surface area contributed by atoms with E-state index >= 15 is 0 Å². The van der Waals surface area contributed by atoms with Gasteiger partial charge in [-0.25, -0.2) is 0 Å². The first-order valence-corrected chi connectivity index (χ1v) is 9.27. The third kappa shape index (κ3) is 7.88.